The fourth-order valence-corrected chi connectivity index (χ4v) is 2.70. The summed E-state index contributed by atoms with van der Waals surface area (Å²) in [6, 6.07) is 5.44. The van der Waals surface area contributed by atoms with E-state index in [1.165, 1.54) is 0 Å². The van der Waals surface area contributed by atoms with Crippen LogP contribution >= 0.6 is 11.3 Å². The molecule has 4 nitrogen and oxygen atoms in total. The Morgan fingerprint density at radius 2 is 2.26 bits per heavy atom. The Bertz CT molecular complexity index is 593. The van der Waals surface area contributed by atoms with Gasteiger partial charge in [-0.15, -0.1) is 11.3 Å². The van der Waals surface area contributed by atoms with Gasteiger partial charge in [-0.1, -0.05) is 0 Å². The highest BCUT2D eigenvalue weighted by molar-refractivity contribution is 7.12. The van der Waals surface area contributed by atoms with Gasteiger partial charge in [0.25, 0.3) is 5.91 Å². The highest BCUT2D eigenvalue weighted by atomic mass is 32.1. The van der Waals surface area contributed by atoms with Crippen molar-refractivity contribution in [3.63, 3.8) is 0 Å². The lowest BCUT2D eigenvalue weighted by molar-refractivity contribution is 0.102. The maximum atomic E-state index is 12.2. The lowest BCUT2D eigenvalue weighted by Crippen LogP contribution is -2.13. The van der Waals surface area contributed by atoms with Crippen LogP contribution in [0.4, 0.5) is 5.69 Å². The second-order valence-electron chi connectivity index (χ2n) is 4.07. The molecule has 0 saturated heterocycles. The fourth-order valence-electron chi connectivity index (χ4n) is 1.78. The Hall–Kier alpha value is -1.88. The van der Waals surface area contributed by atoms with Crippen molar-refractivity contribution in [2.24, 2.45) is 0 Å². The van der Waals surface area contributed by atoms with Crippen molar-refractivity contribution in [1.82, 2.24) is 4.98 Å². The predicted molar refractivity (Wildman–Crippen MR) is 77.2 cm³/mol. The summed E-state index contributed by atoms with van der Waals surface area (Å²) >= 11 is 1.61. The minimum absolute atomic E-state index is 0.129. The number of aromatic nitrogens is 1. The number of hydrogen-bond acceptors (Lipinski definition) is 4. The number of nitrogens with one attached hydrogen (secondary N) is 1. The van der Waals surface area contributed by atoms with E-state index in [0.717, 1.165) is 9.75 Å². The first kappa shape index (κ1) is 13.5. The molecular formula is C14H16N2O2S. The Kier molecular flexibility index (Phi) is 4.16. The smallest absolute Gasteiger partial charge is 0.256 e. The molecule has 2 aromatic rings. The van der Waals surface area contributed by atoms with Crippen molar-refractivity contribution < 1.29 is 9.53 Å². The predicted octanol–water partition coefficient (Wildman–Crippen LogP) is 3.41. The molecular weight excluding hydrogens is 260 g/mol. The van der Waals surface area contributed by atoms with Crippen LogP contribution in [-0.2, 0) is 0 Å². The Labute approximate surface area is 116 Å². The molecule has 0 aromatic carbocycles. The Balaban J connectivity index is 2.21. The molecule has 1 N–H and O–H groups in total. The van der Waals surface area contributed by atoms with Gasteiger partial charge in [-0.3, -0.25) is 4.79 Å². The van der Waals surface area contributed by atoms with E-state index < -0.39 is 0 Å². The zero-order valence-electron chi connectivity index (χ0n) is 11.2. The maximum absolute atomic E-state index is 12.2. The average Bonchev–Trinajstić information content (AvgIpc) is 2.71. The number of anilines is 1. The number of pyridine rings is 1. The number of amides is 1. The molecule has 2 aromatic heterocycles. The van der Waals surface area contributed by atoms with Crippen molar-refractivity contribution >= 4 is 22.9 Å². The van der Waals surface area contributed by atoms with Crippen LogP contribution < -0.4 is 10.1 Å². The summed E-state index contributed by atoms with van der Waals surface area (Å²) in [5.74, 6) is 0.318. The molecule has 2 rings (SSSR count). The quantitative estimate of drug-likeness (QED) is 0.931. The number of carbonyl (C=O) groups excluding carboxylic acids is 1. The molecule has 0 saturated carbocycles. The summed E-state index contributed by atoms with van der Waals surface area (Å²) in [7, 11) is 0. The van der Waals surface area contributed by atoms with Gasteiger partial charge in [-0.2, -0.15) is 0 Å². The van der Waals surface area contributed by atoms with Crippen LogP contribution in [0, 0.1) is 13.8 Å². The third kappa shape index (κ3) is 3.12. The van der Waals surface area contributed by atoms with Gasteiger partial charge in [0.15, 0.2) is 0 Å². The first-order chi connectivity index (χ1) is 9.11. The molecule has 0 fully saturated rings. The van der Waals surface area contributed by atoms with E-state index in [1.54, 1.807) is 29.7 Å². The molecule has 0 unspecified atom stereocenters. The average molecular weight is 276 g/mol. The number of nitrogens with zero attached hydrogens (tertiary/aromatic N) is 1. The van der Waals surface area contributed by atoms with Crippen LogP contribution in [0.2, 0.25) is 0 Å². The summed E-state index contributed by atoms with van der Waals surface area (Å²) in [6.07, 6.45) is 1.64. The van der Waals surface area contributed by atoms with Crippen molar-refractivity contribution in [2.45, 2.75) is 20.8 Å². The molecule has 0 atom stereocenters. The third-order valence-electron chi connectivity index (χ3n) is 2.59. The summed E-state index contributed by atoms with van der Waals surface area (Å²) in [5, 5.41) is 2.85. The number of ether oxygens (including phenoxy) is 1. The first-order valence-electron chi connectivity index (χ1n) is 6.08. The molecule has 0 radical (unpaired) electrons. The van der Waals surface area contributed by atoms with Crippen molar-refractivity contribution in [3.05, 3.63) is 39.7 Å². The van der Waals surface area contributed by atoms with Gasteiger partial charge in [0, 0.05) is 16.0 Å². The molecule has 5 heteroatoms. The van der Waals surface area contributed by atoms with Crippen LogP contribution in [0.1, 0.15) is 27.0 Å². The normalized spacial score (nSPS) is 10.3. The van der Waals surface area contributed by atoms with Crippen LogP contribution in [0.15, 0.2) is 24.4 Å². The summed E-state index contributed by atoms with van der Waals surface area (Å²) in [4.78, 5) is 18.5. The highest BCUT2D eigenvalue weighted by Crippen LogP contribution is 2.24. The first-order valence-corrected chi connectivity index (χ1v) is 6.89. The molecule has 0 spiro atoms. The number of hydrogen-bond donors (Lipinski definition) is 1. The molecule has 0 aliphatic heterocycles. The minimum Gasteiger partial charge on any atom is -0.476 e. The number of aryl methyl sites for hydroxylation is 2. The third-order valence-corrected chi connectivity index (χ3v) is 3.55. The summed E-state index contributed by atoms with van der Waals surface area (Å²) < 4.78 is 5.39. The number of thiophene rings is 1. The topological polar surface area (TPSA) is 51.2 Å². The number of carbonyl (C=O) groups is 1. The molecule has 0 aliphatic carbocycles. The zero-order chi connectivity index (χ0) is 13.8. The Morgan fingerprint density at radius 1 is 1.47 bits per heavy atom. The van der Waals surface area contributed by atoms with Gasteiger partial charge < -0.3 is 10.1 Å². The van der Waals surface area contributed by atoms with Gasteiger partial charge in [0.2, 0.25) is 5.88 Å². The largest absolute Gasteiger partial charge is 0.476 e. The SMILES string of the molecule is CCOc1ncccc1NC(=O)c1cc(C)sc1C. The van der Waals surface area contributed by atoms with E-state index in [0.29, 0.717) is 23.7 Å². The minimum atomic E-state index is -0.129. The maximum Gasteiger partial charge on any atom is 0.256 e. The van der Waals surface area contributed by atoms with Gasteiger partial charge in [-0.05, 0) is 39.0 Å². The number of rotatable bonds is 4. The molecule has 100 valence electrons. The Morgan fingerprint density at radius 3 is 2.89 bits per heavy atom. The molecule has 0 aliphatic rings. The van der Waals surface area contributed by atoms with Gasteiger partial charge in [-0.25, -0.2) is 4.98 Å². The van der Waals surface area contributed by atoms with Crippen molar-refractivity contribution in [2.75, 3.05) is 11.9 Å². The molecule has 2 heterocycles. The lowest BCUT2D eigenvalue weighted by atomic mass is 10.2. The van der Waals surface area contributed by atoms with E-state index in [1.807, 2.05) is 26.8 Å². The van der Waals surface area contributed by atoms with Gasteiger partial charge in [0.05, 0.1) is 12.2 Å². The summed E-state index contributed by atoms with van der Waals surface area (Å²) in [5.41, 5.74) is 1.30. The lowest BCUT2D eigenvalue weighted by Gasteiger charge is -2.09. The van der Waals surface area contributed by atoms with Crippen LogP contribution in [0.3, 0.4) is 0 Å². The molecule has 1 amide bonds. The zero-order valence-corrected chi connectivity index (χ0v) is 12.0. The van der Waals surface area contributed by atoms with Gasteiger partial charge >= 0.3 is 0 Å². The van der Waals surface area contributed by atoms with Crippen molar-refractivity contribution in [1.29, 1.82) is 0 Å². The second kappa shape index (κ2) is 5.84. The van der Waals surface area contributed by atoms with Crippen molar-refractivity contribution in [3.8, 4) is 5.88 Å². The second-order valence-corrected chi connectivity index (χ2v) is 5.53. The van der Waals surface area contributed by atoms with Crippen LogP contribution in [0.25, 0.3) is 0 Å². The van der Waals surface area contributed by atoms with E-state index in [2.05, 4.69) is 10.3 Å². The molecule has 19 heavy (non-hydrogen) atoms. The van der Waals surface area contributed by atoms with Gasteiger partial charge in [0.1, 0.15) is 5.69 Å². The molecule has 0 bridgehead atoms. The van der Waals surface area contributed by atoms with E-state index in [9.17, 15) is 4.79 Å². The van der Waals surface area contributed by atoms with E-state index >= 15 is 0 Å². The highest BCUT2D eigenvalue weighted by Gasteiger charge is 2.14. The summed E-state index contributed by atoms with van der Waals surface area (Å²) in [6.45, 7) is 6.33. The monoisotopic (exact) mass is 276 g/mol. The van der Waals surface area contributed by atoms with E-state index in [4.69, 9.17) is 4.74 Å². The standard InChI is InChI=1S/C14H16N2O2S/c1-4-18-14-12(6-5-7-15-14)16-13(17)11-8-9(2)19-10(11)3/h5-8H,4H2,1-3H3,(H,16,17). The van der Waals surface area contributed by atoms with E-state index in [-0.39, 0.29) is 5.91 Å². The van der Waals surface area contributed by atoms with Crippen LogP contribution in [-0.4, -0.2) is 17.5 Å². The fraction of sp³-hybridized carbons (Fsp3) is 0.286. The van der Waals surface area contributed by atoms with Crippen LogP contribution in [0.5, 0.6) is 5.88 Å².